The van der Waals surface area contributed by atoms with Gasteiger partial charge >= 0.3 is 6.09 Å². The molecule has 0 bridgehead atoms. The summed E-state index contributed by atoms with van der Waals surface area (Å²) < 4.78 is 30.0. The van der Waals surface area contributed by atoms with Crippen LogP contribution in [0.15, 0.2) is 35.2 Å². The van der Waals surface area contributed by atoms with Crippen molar-refractivity contribution in [2.24, 2.45) is 0 Å². The summed E-state index contributed by atoms with van der Waals surface area (Å²) in [6.45, 7) is 5.06. The first-order valence-electron chi connectivity index (χ1n) is 8.05. The molecule has 0 aliphatic carbocycles. The van der Waals surface area contributed by atoms with Crippen LogP contribution in [0.2, 0.25) is 0 Å². The van der Waals surface area contributed by atoms with Crippen molar-refractivity contribution in [3.63, 3.8) is 0 Å². The van der Waals surface area contributed by atoms with Crippen LogP contribution in [-0.2, 0) is 24.2 Å². The number of nitrogens with one attached hydrogen (secondary N) is 1. The lowest BCUT2D eigenvalue weighted by molar-refractivity contribution is -0.171. The van der Waals surface area contributed by atoms with Gasteiger partial charge in [0.25, 0.3) is 5.91 Å². The summed E-state index contributed by atoms with van der Waals surface area (Å²) in [6.07, 6.45) is -0.930. The molecule has 0 saturated carbocycles. The van der Waals surface area contributed by atoms with Crippen molar-refractivity contribution in [1.29, 1.82) is 0 Å². The van der Waals surface area contributed by atoms with Gasteiger partial charge in [-0.3, -0.25) is 9.63 Å². The van der Waals surface area contributed by atoms with E-state index in [9.17, 15) is 18.0 Å². The number of rotatable bonds is 7. The van der Waals surface area contributed by atoms with E-state index in [1.54, 1.807) is 39.0 Å². The molecule has 1 aromatic rings. The highest BCUT2D eigenvalue weighted by atomic mass is 32.2. The molecule has 26 heavy (non-hydrogen) atoms. The minimum atomic E-state index is -3.60. The van der Waals surface area contributed by atoms with E-state index in [4.69, 9.17) is 9.57 Å². The average Bonchev–Trinajstić information content (AvgIpc) is 2.56. The van der Waals surface area contributed by atoms with E-state index in [2.05, 4.69) is 5.32 Å². The molecule has 1 rings (SSSR count). The molecule has 0 aromatic heterocycles. The van der Waals surface area contributed by atoms with Gasteiger partial charge in [-0.25, -0.2) is 18.3 Å². The monoisotopic (exact) mass is 386 g/mol. The second-order valence-electron chi connectivity index (χ2n) is 6.64. The minimum absolute atomic E-state index is 0.122. The number of hydrogen-bond donors (Lipinski definition) is 1. The Kier molecular flexibility index (Phi) is 7.58. The fourth-order valence-electron chi connectivity index (χ4n) is 2.04. The molecule has 0 unspecified atom stereocenters. The maximum atomic E-state index is 12.4. The second kappa shape index (κ2) is 9.00. The van der Waals surface area contributed by atoms with Gasteiger partial charge in [-0.15, -0.1) is 0 Å². The smallest absolute Gasteiger partial charge is 0.408 e. The minimum Gasteiger partial charge on any atom is -0.444 e. The summed E-state index contributed by atoms with van der Waals surface area (Å²) in [5.74, 6) is -0.901. The Morgan fingerprint density at radius 2 is 1.77 bits per heavy atom. The second-order valence-corrected chi connectivity index (χ2v) is 8.75. The number of ether oxygens (including phenoxy) is 1. The van der Waals surface area contributed by atoms with E-state index >= 15 is 0 Å². The van der Waals surface area contributed by atoms with Crippen LogP contribution in [0.3, 0.4) is 0 Å². The molecule has 0 saturated heterocycles. The van der Waals surface area contributed by atoms with Gasteiger partial charge < -0.3 is 10.1 Å². The maximum absolute atomic E-state index is 12.4. The number of sulfone groups is 1. The van der Waals surface area contributed by atoms with Gasteiger partial charge in [-0.05, 0) is 39.3 Å². The van der Waals surface area contributed by atoms with E-state index in [0.717, 1.165) is 5.06 Å². The summed E-state index contributed by atoms with van der Waals surface area (Å²) in [6, 6.07) is 6.81. The molecule has 1 atom stereocenters. The van der Waals surface area contributed by atoms with Gasteiger partial charge in [0.05, 0.1) is 17.8 Å². The fraction of sp³-hybridized carbons (Fsp3) is 0.529. The molecular weight excluding hydrogens is 360 g/mol. The van der Waals surface area contributed by atoms with Gasteiger partial charge in [0.2, 0.25) is 0 Å². The van der Waals surface area contributed by atoms with Crippen molar-refractivity contribution in [2.75, 3.05) is 19.9 Å². The molecule has 0 heterocycles. The Morgan fingerprint density at radius 3 is 2.27 bits per heavy atom. The van der Waals surface area contributed by atoms with E-state index in [1.165, 1.54) is 26.3 Å². The van der Waals surface area contributed by atoms with Crippen LogP contribution < -0.4 is 5.32 Å². The van der Waals surface area contributed by atoms with Crippen LogP contribution >= 0.6 is 0 Å². The predicted octanol–water partition coefficient (Wildman–Crippen LogP) is 1.76. The number of nitrogens with zero attached hydrogens (tertiary/aromatic N) is 1. The Balaban J connectivity index is 2.89. The fourth-order valence-corrected chi connectivity index (χ4v) is 3.39. The van der Waals surface area contributed by atoms with Crippen molar-refractivity contribution in [2.45, 2.75) is 43.7 Å². The zero-order chi connectivity index (χ0) is 20.0. The molecule has 0 aliphatic rings. The average molecular weight is 386 g/mol. The van der Waals surface area contributed by atoms with Crippen LogP contribution in [-0.4, -0.2) is 57.0 Å². The normalized spacial score (nSPS) is 13.0. The third kappa shape index (κ3) is 7.01. The Bertz CT molecular complexity index is 713. The highest BCUT2D eigenvalue weighted by Crippen LogP contribution is 2.13. The van der Waals surface area contributed by atoms with Crippen LogP contribution in [0, 0.1) is 0 Å². The molecule has 0 spiro atoms. The van der Waals surface area contributed by atoms with Crippen LogP contribution in [0.1, 0.15) is 27.2 Å². The molecule has 146 valence electrons. The van der Waals surface area contributed by atoms with Gasteiger partial charge in [-0.1, -0.05) is 18.2 Å². The molecule has 1 N–H and O–H groups in total. The molecular formula is C17H26N2O6S. The molecule has 8 nitrogen and oxygen atoms in total. The summed E-state index contributed by atoms with van der Waals surface area (Å²) in [7, 11) is -0.928. The van der Waals surface area contributed by atoms with Crippen LogP contribution in [0.4, 0.5) is 4.79 Å². The lowest BCUT2D eigenvalue weighted by Gasteiger charge is -2.25. The molecule has 2 amide bonds. The number of hydrogen-bond acceptors (Lipinski definition) is 6. The van der Waals surface area contributed by atoms with Crippen LogP contribution in [0.25, 0.3) is 0 Å². The molecule has 0 radical (unpaired) electrons. The zero-order valence-corrected chi connectivity index (χ0v) is 16.5. The quantitative estimate of drug-likeness (QED) is 0.717. The van der Waals surface area contributed by atoms with E-state index in [-0.39, 0.29) is 17.1 Å². The lowest BCUT2D eigenvalue weighted by Crippen LogP contribution is -2.49. The molecule has 0 fully saturated rings. The summed E-state index contributed by atoms with van der Waals surface area (Å²) >= 11 is 0. The third-order valence-electron chi connectivity index (χ3n) is 3.35. The van der Waals surface area contributed by atoms with E-state index in [1.807, 2.05) is 0 Å². The highest BCUT2D eigenvalue weighted by Gasteiger charge is 2.29. The number of likely N-dealkylation sites (N-methyl/N-ethyl adjacent to an activating group) is 1. The third-order valence-corrected chi connectivity index (χ3v) is 5.11. The number of carbonyl (C=O) groups excluding carboxylic acids is 2. The Labute approximate surface area is 154 Å². The number of amides is 2. The summed E-state index contributed by atoms with van der Waals surface area (Å²) in [4.78, 5) is 29.3. The van der Waals surface area contributed by atoms with Crippen LogP contribution in [0.5, 0.6) is 0 Å². The SMILES string of the molecule is CON(C)C(=O)[C@H](CCS(=O)(=O)c1ccccc1)NC(=O)OC(C)(C)C. The van der Waals surface area contributed by atoms with Gasteiger partial charge in [0.15, 0.2) is 9.84 Å². The maximum Gasteiger partial charge on any atom is 0.408 e. The first-order chi connectivity index (χ1) is 12.0. The molecule has 9 heteroatoms. The van der Waals surface area contributed by atoms with Gasteiger partial charge in [0, 0.05) is 7.05 Å². The van der Waals surface area contributed by atoms with Crippen molar-refractivity contribution in [1.82, 2.24) is 10.4 Å². The topological polar surface area (TPSA) is 102 Å². The number of hydroxylamine groups is 2. The van der Waals surface area contributed by atoms with Crippen molar-refractivity contribution >= 4 is 21.8 Å². The first-order valence-corrected chi connectivity index (χ1v) is 9.70. The van der Waals surface area contributed by atoms with E-state index < -0.39 is 33.5 Å². The Hall–Kier alpha value is -2.13. The Morgan fingerprint density at radius 1 is 1.19 bits per heavy atom. The standard InChI is InChI=1S/C17H26N2O6S/c1-17(2,3)25-16(21)18-14(15(20)19(4)24-5)11-12-26(22,23)13-9-7-6-8-10-13/h6-10,14H,11-12H2,1-5H3,(H,18,21)/t14-/m0/s1. The van der Waals surface area contributed by atoms with Gasteiger partial charge in [0.1, 0.15) is 11.6 Å². The van der Waals surface area contributed by atoms with Crippen molar-refractivity contribution < 1.29 is 27.6 Å². The summed E-state index contributed by atoms with van der Waals surface area (Å²) in [5.41, 5.74) is -0.749. The van der Waals surface area contributed by atoms with E-state index in [0.29, 0.717) is 0 Å². The number of benzene rings is 1. The first kappa shape index (κ1) is 21.9. The number of carbonyl (C=O) groups is 2. The largest absolute Gasteiger partial charge is 0.444 e. The zero-order valence-electron chi connectivity index (χ0n) is 15.7. The predicted molar refractivity (Wildman–Crippen MR) is 96.0 cm³/mol. The van der Waals surface area contributed by atoms with Crippen molar-refractivity contribution in [3.8, 4) is 0 Å². The van der Waals surface area contributed by atoms with Crippen molar-refractivity contribution in [3.05, 3.63) is 30.3 Å². The molecule has 0 aliphatic heterocycles. The summed E-state index contributed by atoms with van der Waals surface area (Å²) in [5, 5.41) is 3.34. The lowest BCUT2D eigenvalue weighted by atomic mass is 10.2. The van der Waals surface area contributed by atoms with Gasteiger partial charge in [-0.2, -0.15) is 0 Å². The highest BCUT2D eigenvalue weighted by molar-refractivity contribution is 7.91. The molecule has 1 aromatic carbocycles. The number of alkyl carbamates (subject to hydrolysis) is 1.